The molecule has 0 aromatic heterocycles. The topological polar surface area (TPSA) is 37.3 Å². The summed E-state index contributed by atoms with van der Waals surface area (Å²) in [5.41, 5.74) is 0.213. The molecule has 1 N–H and O–H groups in total. The van der Waals surface area contributed by atoms with Gasteiger partial charge >= 0.3 is 5.97 Å². The second-order valence-electron chi connectivity index (χ2n) is 2.00. The Kier molecular flexibility index (Phi) is 5.60. The summed E-state index contributed by atoms with van der Waals surface area (Å²) in [5.74, 6) is -0.977. The molecule has 0 aliphatic rings. The lowest BCUT2D eigenvalue weighted by atomic mass is 10.2. The van der Waals surface area contributed by atoms with E-state index in [0.717, 1.165) is 0 Å². The van der Waals surface area contributed by atoms with Crippen molar-refractivity contribution >= 4 is 69.7 Å². The molecule has 70 valence electrons. The molecule has 0 bridgehead atoms. The van der Waals surface area contributed by atoms with Crippen LogP contribution in [-0.2, 0) is 4.79 Å². The van der Waals surface area contributed by atoms with Crippen molar-refractivity contribution in [3.63, 3.8) is 0 Å². The predicted molar refractivity (Wildman–Crippen MR) is 63.4 cm³/mol. The Morgan fingerprint density at radius 2 is 1.83 bits per heavy atom. The highest BCUT2D eigenvalue weighted by molar-refractivity contribution is 9.28. The zero-order chi connectivity index (χ0) is 9.94. The van der Waals surface area contributed by atoms with Crippen LogP contribution in [0.4, 0.5) is 0 Å². The van der Waals surface area contributed by atoms with Crippen molar-refractivity contribution in [2.45, 2.75) is 16.6 Å². The summed E-state index contributed by atoms with van der Waals surface area (Å²) < 4.78 is -0.258. The molecule has 0 radical (unpaired) electrons. The highest BCUT2D eigenvalue weighted by Crippen LogP contribution is 2.42. The number of carbonyl (C=O) groups is 1. The van der Waals surface area contributed by atoms with Crippen LogP contribution in [0.25, 0.3) is 0 Å². The SMILES string of the molecule is CCC(Br)(Br)C(C(=O)O)=C(Br)Br. The van der Waals surface area contributed by atoms with Crippen LogP contribution in [0, 0.1) is 0 Å². The number of hydrogen-bond donors (Lipinski definition) is 1. The Balaban J connectivity index is 5.04. The Labute approximate surface area is 104 Å². The molecule has 0 aromatic rings. The molecule has 6 heteroatoms. The number of hydrogen-bond acceptors (Lipinski definition) is 1. The van der Waals surface area contributed by atoms with Gasteiger partial charge in [0.1, 0.15) is 3.23 Å². The molecule has 0 aliphatic heterocycles. The Morgan fingerprint density at radius 1 is 1.42 bits per heavy atom. The zero-order valence-electron chi connectivity index (χ0n) is 6.07. The van der Waals surface area contributed by atoms with Gasteiger partial charge in [0.25, 0.3) is 0 Å². The maximum atomic E-state index is 10.8. The fourth-order valence-electron chi connectivity index (χ4n) is 0.552. The summed E-state index contributed by atoms with van der Waals surface area (Å²) in [7, 11) is 0. The van der Waals surface area contributed by atoms with Crippen molar-refractivity contribution in [3.05, 3.63) is 8.96 Å². The quantitative estimate of drug-likeness (QED) is 0.544. The van der Waals surface area contributed by atoms with Gasteiger partial charge in [-0.1, -0.05) is 38.8 Å². The van der Waals surface area contributed by atoms with Crippen LogP contribution in [0.15, 0.2) is 8.96 Å². The summed E-state index contributed by atoms with van der Waals surface area (Å²) in [6, 6.07) is 0. The van der Waals surface area contributed by atoms with Crippen molar-refractivity contribution in [1.29, 1.82) is 0 Å². The minimum Gasteiger partial charge on any atom is -0.478 e. The number of carboxylic acids is 1. The van der Waals surface area contributed by atoms with Gasteiger partial charge in [0.15, 0.2) is 0 Å². The monoisotopic (exact) mass is 426 g/mol. The smallest absolute Gasteiger partial charge is 0.335 e. The average Bonchev–Trinajstić information content (AvgIpc) is 1.84. The molecule has 0 saturated carbocycles. The fraction of sp³-hybridized carbons (Fsp3) is 0.500. The summed E-state index contributed by atoms with van der Waals surface area (Å²) in [6.45, 7) is 1.87. The third kappa shape index (κ3) is 3.47. The largest absolute Gasteiger partial charge is 0.478 e. The summed E-state index contributed by atoms with van der Waals surface area (Å²) in [4.78, 5) is 10.8. The van der Waals surface area contributed by atoms with Gasteiger partial charge in [-0.25, -0.2) is 4.79 Å². The van der Waals surface area contributed by atoms with E-state index in [0.29, 0.717) is 9.81 Å². The van der Waals surface area contributed by atoms with E-state index in [4.69, 9.17) is 5.11 Å². The average molecular weight is 430 g/mol. The van der Waals surface area contributed by atoms with Crippen LogP contribution in [0.1, 0.15) is 13.3 Å². The molecular weight excluding hydrogens is 424 g/mol. The number of halogens is 4. The first-order valence-corrected chi connectivity index (χ1v) is 6.17. The second kappa shape index (κ2) is 5.12. The molecule has 0 spiro atoms. The van der Waals surface area contributed by atoms with Crippen molar-refractivity contribution in [1.82, 2.24) is 0 Å². The third-order valence-corrected chi connectivity index (χ3v) is 3.92. The molecular formula is C6H6Br4O2. The molecule has 0 atom stereocenters. The van der Waals surface area contributed by atoms with Gasteiger partial charge in [-0.05, 0) is 38.3 Å². The van der Waals surface area contributed by atoms with Gasteiger partial charge < -0.3 is 5.11 Å². The van der Waals surface area contributed by atoms with Crippen LogP contribution in [0.3, 0.4) is 0 Å². The molecule has 0 heterocycles. The Bertz CT molecular complexity index is 218. The Morgan fingerprint density at radius 3 is 1.92 bits per heavy atom. The third-order valence-electron chi connectivity index (χ3n) is 1.21. The number of alkyl halides is 2. The molecule has 12 heavy (non-hydrogen) atoms. The van der Waals surface area contributed by atoms with Gasteiger partial charge in [-0.15, -0.1) is 0 Å². The maximum Gasteiger partial charge on any atom is 0.335 e. The van der Waals surface area contributed by atoms with Crippen LogP contribution in [-0.4, -0.2) is 14.3 Å². The fourth-order valence-corrected chi connectivity index (χ4v) is 3.37. The highest BCUT2D eigenvalue weighted by Gasteiger charge is 2.32. The lowest BCUT2D eigenvalue weighted by Crippen LogP contribution is -2.21. The molecule has 0 unspecified atom stereocenters. The van der Waals surface area contributed by atoms with Crippen molar-refractivity contribution in [2.75, 3.05) is 0 Å². The van der Waals surface area contributed by atoms with Gasteiger partial charge in [0.2, 0.25) is 0 Å². The number of rotatable bonds is 3. The predicted octanol–water partition coefficient (Wildman–Crippen LogP) is 3.97. The van der Waals surface area contributed by atoms with Gasteiger partial charge in [-0.2, -0.15) is 0 Å². The molecule has 0 rings (SSSR count). The standard InChI is InChI=1S/C6H6Br4O2/c1-2-6(9,10)3(4(7)8)5(11)12/h2H2,1H3,(H,11,12). The van der Waals surface area contributed by atoms with E-state index < -0.39 is 9.20 Å². The van der Waals surface area contributed by atoms with Crippen molar-refractivity contribution in [2.24, 2.45) is 0 Å². The van der Waals surface area contributed by atoms with E-state index in [2.05, 4.69) is 63.7 Å². The Hall–Kier alpha value is 1.13. The van der Waals surface area contributed by atoms with Gasteiger partial charge in [0, 0.05) is 0 Å². The lowest BCUT2D eigenvalue weighted by Gasteiger charge is -2.19. The van der Waals surface area contributed by atoms with Crippen LogP contribution >= 0.6 is 63.7 Å². The first-order valence-electron chi connectivity index (χ1n) is 2.99. The molecule has 0 fully saturated rings. The van der Waals surface area contributed by atoms with E-state index in [-0.39, 0.29) is 5.57 Å². The van der Waals surface area contributed by atoms with Crippen LogP contribution in [0.5, 0.6) is 0 Å². The van der Waals surface area contributed by atoms with Crippen molar-refractivity contribution < 1.29 is 9.90 Å². The first-order chi connectivity index (χ1) is 5.33. The molecule has 0 saturated heterocycles. The van der Waals surface area contributed by atoms with Crippen molar-refractivity contribution in [3.8, 4) is 0 Å². The molecule has 0 aliphatic carbocycles. The second-order valence-corrected chi connectivity index (χ2v) is 8.42. The number of aliphatic carboxylic acids is 1. The molecule has 0 aromatic carbocycles. The minimum absolute atomic E-state index is 0.213. The maximum absolute atomic E-state index is 10.8. The van der Waals surface area contributed by atoms with Gasteiger partial charge in [0.05, 0.1) is 8.96 Å². The van der Waals surface area contributed by atoms with E-state index in [1.54, 1.807) is 0 Å². The zero-order valence-corrected chi connectivity index (χ0v) is 12.4. The van der Waals surface area contributed by atoms with E-state index in [1.165, 1.54) is 0 Å². The normalized spacial score (nSPS) is 11.1. The summed E-state index contributed by atoms with van der Waals surface area (Å²) in [5, 5.41) is 8.83. The minimum atomic E-state index is -0.977. The van der Waals surface area contributed by atoms with E-state index in [9.17, 15) is 4.79 Å². The molecule has 0 amide bonds. The summed E-state index contributed by atoms with van der Waals surface area (Å²) in [6.07, 6.45) is 0.620. The lowest BCUT2D eigenvalue weighted by molar-refractivity contribution is -0.132. The van der Waals surface area contributed by atoms with Gasteiger partial charge in [-0.3, -0.25) is 0 Å². The first kappa shape index (κ1) is 13.1. The van der Waals surface area contributed by atoms with Crippen LogP contribution < -0.4 is 0 Å². The highest BCUT2D eigenvalue weighted by atomic mass is 79.9. The molecule has 2 nitrogen and oxygen atoms in total. The summed E-state index contributed by atoms with van der Waals surface area (Å²) >= 11 is 12.7. The van der Waals surface area contributed by atoms with E-state index in [1.807, 2.05) is 6.92 Å². The number of carboxylic acid groups (broad SMARTS) is 1. The van der Waals surface area contributed by atoms with Crippen LogP contribution in [0.2, 0.25) is 0 Å². The van der Waals surface area contributed by atoms with E-state index >= 15 is 0 Å².